The number of piperidine rings is 1. The van der Waals surface area contributed by atoms with Crippen molar-refractivity contribution < 1.29 is 18.8 Å². The van der Waals surface area contributed by atoms with E-state index in [9.17, 15) is 4.79 Å². The normalized spacial score (nSPS) is 14.9. The van der Waals surface area contributed by atoms with E-state index < -0.39 is 0 Å². The predicted octanol–water partition coefficient (Wildman–Crippen LogP) is 5.36. The van der Waals surface area contributed by atoms with Crippen LogP contribution in [0.15, 0.2) is 47.0 Å². The molecule has 1 amide bonds. The van der Waals surface area contributed by atoms with E-state index in [0.717, 1.165) is 42.8 Å². The molecule has 0 radical (unpaired) electrons. The number of nitrogens with one attached hydrogen (secondary N) is 1. The highest BCUT2D eigenvalue weighted by atomic mass is 16.5. The number of carbonyl (C=O) groups is 1. The largest absolute Gasteiger partial charge is 0.490 e. The van der Waals surface area contributed by atoms with Crippen LogP contribution >= 0.6 is 0 Å². The highest BCUT2D eigenvalue weighted by Crippen LogP contribution is 2.29. The molecule has 1 N–H and O–H groups in total. The van der Waals surface area contributed by atoms with E-state index in [1.807, 2.05) is 44.2 Å². The van der Waals surface area contributed by atoms with Crippen molar-refractivity contribution in [3.05, 3.63) is 59.5 Å². The molecule has 8 nitrogen and oxygen atoms in total. The fourth-order valence-corrected chi connectivity index (χ4v) is 4.64. The second-order valence-corrected chi connectivity index (χ2v) is 10.8. The minimum atomic E-state index is -0.000104. The van der Waals surface area contributed by atoms with E-state index >= 15 is 0 Å². The first-order chi connectivity index (χ1) is 18.3. The number of amides is 1. The lowest BCUT2D eigenvalue weighted by molar-refractivity contribution is -0.126. The standard InChI is InChI=1S/C30H40N4O4/c1-6-36-25-13-8-21(18-26(25)37-7-2)19-31-29(35)23-14-16-34(17-15-23)20-27-32-28(33-38-27)22-9-11-24(12-10-22)30(3,4)5/h8-13,18,23H,6-7,14-17,19-20H2,1-5H3,(H,31,35). The summed E-state index contributed by atoms with van der Waals surface area (Å²) in [5.74, 6) is 2.74. The van der Waals surface area contributed by atoms with E-state index in [1.54, 1.807) is 0 Å². The lowest BCUT2D eigenvalue weighted by atomic mass is 9.87. The maximum absolute atomic E-state index is 12.8. The second kappa shape index (κ2) is 12.4. The summed E-state index contributed by atoms with van der Waals surface area (Å²) < 4.78 is 16.9. The lowest BCUT2D eigenvalue weighted by Gasteiger charge is -2.30. The van der Waals surface area contributed by atoms with E-state index in [1.165, 1.54) is 5.56 Å². The SMILES string of the molecule is CCOc1ccc(CNC(=O)C2CCN(Cc3nc(-c4ccc(C(C)(C)C)cc4)no3)CC2)cc1OCC. The van der Waals surface area contributed by atoms with Crippen molar-refractivity contribution >= 4 is 5.91 Å². The van der Waals surface area contributed by atoms with Crippen molar-refractivity contribution in [1.29, 1.82) is 0 Å². The molecule has 0 saturated carbocycles. The first-order valence-corrected chi connectivity index (χ1v) is 13.6. The molecule has 38 heavy (non-hydrogen) atoms. The molecule has 2 heterocycles. The van der Waals surface area contributed by atoms with Crippen LogP contribution in [0.2, 0.25) is 0 Å². The molecule has 1 fully saturated rings. The van der Waals surface area contributed by atoms with Crippen molar-refractivity contribution in [3.8, 4) is 22.9 Å². The highest BCUT2D eigenvalue weighted by molar-refractivity contribution is 5.78. The van der Waals surface area contributed by atoms with E-state index in [2.05, 4.69) is 53.3 Å². The van der Waals surface area contributed by atoms with Gasteiger partial charge in [0.2, 0.25) is 17.6 Å². The third-order valence-electron chi connectivity index (χ3n) is 6.87. The summed E-state index contributed by atoms with van der Waals surface area (Å²) in [6.07, 6.45) is 1.60. The number of aromatic nitrogens is 2. The minimum Gasteiger partial charge on any atom is -0.490 e. The topological polar surface area (TPSA) is 89.7 Å². The molecular weight excluding hydrogens is 480 g/mol. The zero-order valence-corrected chi connectivity index (χ0v) is 23.3. The summed E-state index contributed by atoms with van der Waals surface area (Å²) in [6.45, 7) is 14.3. The third kappa shape index (κ3) is 7.13. The van der Waals surface area contributed by atoms with Gasteiger partial charge in [0.05, 0.1) is 19.8 Å². The number of hydrogen-bond donors (Lipinski definition) is 1. The molecule has 1 aliphatic rings. The van der Waals surface area contributed by atoms with Crippen LogP contribution in [-0.4, -0.2) is 47.3 Å². The Morgan fingerprint density at radius 3 is 2.37 bits per heavy atom. The van der Waals surface area contributed by atoms with Gasteiger partial charge < -0.3 is 19.3 Å². The van der Waals surface area contributed by atoms with Gasteiger partial charge in [-0.2, -0.15) is 4.98 Å². The molecular formula is C30H40N4O4. The Kier molecular flexibility index (Phi) is 9.05. The van der Waals surface area contributed by atoms with Crippen LogP contribution in [0.1, 0.15) is 64.5 Å². The lowest BCUT2D eigenvalue weighted by Crippen LogP contribution is -2.40. The van der Waals surface area contributed by atoms with Gasteiger partial charge in [-0.15, -0.1) is 0 Å². The minimum absolute atomic E-state index is 0.000104. The van der Waals surface area contributed by atoms with Gasteiger partial charge in [-0.1, -0.05) is 56.3 Å². The number of rotatable bonds is 10. The number of benzene rings is 2. The highest BCUT2D eigenvalue weighted by Gasteiger charge is 2.26. The zero-order chi connectivity index (χ0) is 27.1. The van der Waals surface area contributed by atoms with Gasteiger partial charge in [-0.05, 0) is 68.5 Å². The van der Waals surface area contributed by atoms with Crippen LogP contribution in [0.3, 0.4) is 0 Å². The molecule has 8 heteroatoms. The smallest absolute Gasteiger partial charge is 0.241 e. The first kappa shape index (κ1) is 27.6. The van der Waals surface area contributed by atoms with Crippen LogP contribution in [0.25, 0.3) is 11.4 Å². The third-order valence-corrected chi connectivity index (χ3v) is 6.87. The Balaban J connectivity index is 1.24. The Morgan fingerprint density at radius 2 is 1.71 bits per heavy atom. The average molecular weight is 521 g/mol. The number of ether oxygens (including phenoxy) is 2. The molecule has 4 rings (SSSR count). The van der Waals surface area contributed by atoms with Gasteiger partial charge in [-0.3, -0.25) is 9.69 Å². The van der Waals surface area contributed by atoms with Crippen molar-refractivity contribution in [2.24, 2.45) is 5.92 Å². The molecule has 204 valence electrons. The summed E-state index contributed by atoms with van der Waals surface area (Å²) in [5.41, 5.74) is 3.31. The van der Waals surface area contributed by atoms with Gasteiger partial charge in [0, 0.05) is 18.0 Å². The van der Waals surface area contributed by atoms with Crippen LogP contribution in [-0.2, 0) is 23.3 Å². The summed E-state index contributed by atoms with van der Waals surface area (Å²) in [6, 6.07) is 14.1. The van der Waals surface area contributed by atoms with Gasteiger partial charge in [0.1, 0.15) is 0 Å². The monoisotopic (exact) mass is 520 g/mol. The Bertz CT molecular complexity index is 1190. The zero-order valence-electron chi connectivity index (χ0n) is 23.3. The second-order valence-electron chi connectivity index (χ2n) is 10.8. The summed E-state index contributed by atoms with van der Waals surface area (Å²) >= 11 is 0. The number of nitrogens with zero attached hydrogens (tertiary/aromatic N) is 3. The van der Waals surface area contributed by atoms with Gasteiger partial charge >= 0.3 is 0 Å². The molecule has 1 aliphatic heterocycles. The Morgan fingerprint density at radius 1 is 1.03 bits per heavy atom. The molecule has 0 atom stereocenters. The maximum atomic E-state index is 12.8. The first-order valence-electron chi connectivity index (χ1n) is 13.6. The Hall–Kier alpha value is -3.39. The fourth-order valence-electron chi connectivity index (χ4n) is 4.64. The predicted molar refractivity (Wildman–Crippen MR) is 147 cm³/mol. The molecule has 0 aliphatic carbocycles. The molecule has 0 bridgehead atoms. The van der Waals surface area contributed by atoms with Crippen LogP contribution < -0.4 is 14.8 Å². The molecule has 2 aromatic carbocycles. The number of carbonyl (C=O) groups excluding carboxylic acids is 1. The maximum Gasteiger partial charge on any atom is 0.241 e. The number of hydrogen-bond acceptors (Lipinski definition) is 7. The van der Waals surface area contributed by atoms with Crippen molar-refractivity contribution in [2.75, 3.05) is 26.3 Å². The van der Waals surface area contributed by atoms with Crippen LogP contribution in [0.4, 0.5) is 0 Å². The van der Waals surface area contributed by atoms with Gasteiger partial charge in [0.15, 0.2) is 11.5 Å². The Labute approximate surface area is 225 Å². The van der Waals surface area contributed by atoms with Crippen molar-refractivity contribution in [2.45, 2.75) is 66.0 Å². The number of likely N-dealkylation sites (tertiary alicyclic amines) is 1. The fraction of sp³-hybridized carbons (Fsp3) is 0.500. The van der Waals surface area contributed by atoms with E-state index in [4.69, 9.17) is 14.0 Å². The summed E-state index contributed by atoms with van der Waals surface area (Å²) in [5, 5.41) is 7.27. The van der Waals surface area contributed by atoms with Crippen molar-refractivity contribution in [1.82, 2.24) is 20.4 Å². The van der Waals surface area contributed by atoms with Gasteiger partial charge in [0.25, 0.3) is 0 Å². The van der Waals surface area contributed by atoms with Crippen LogP contribution in [0, 0.1) is 5.92 Å². The molecule has 1 aromatic heterocycles. The summed E-state index contributed by atoms with van der Waals surface area (Å²) in [4.78, 5) is 19.7. The van der Waals surface area contributed by atoms with Crippen LogP contribution in [0.5, 0.6) is 11.5 Å². The van der Waals surface area contributed by atoms with Gasteiger partial charge in [-0.25, -0.2) is 0 Å². The molecule has 0 unspecified atom stereocenters. The van der Waals surface area contributed by atoms with E-state index in [0.29, 0.717) is 43.8 Å². The molecule has 1 saturated heterocycles. The molecule has 3 aromatic rings. The molecule has 0 spiro atoms. The summed E-state index contributed by atoms with van der Waals surface area (Å²) in [7, 11) is 0. The van der Waals surface area contributed by atoms with E-state index in [-0.39, 0.29) is 17.2 Å². The average Bonchev–Trinajstić information content (AvgIpc) is 3.37. The van der Waals surface area contributed by atoms with Crippen molar-refractivity contribution in [3.63, 3.8) is 0 Å². The quantitative estimate of drug-likeness (QED) is 0.385.